The molecule has 0 amide bonds. The van der Waals surface area contributed by atoms with E-state index in [1.54, 1.807) is 0 Å². The van der Waals surface area contributed by atoms with Crippen molar-refractivity contribution in [3.8, 4) is 33.6 Å². The smallest absolute Gasteiger partial charge is 0.0541 e. The van der Waals surface area contributed by atoms with Crippen molar-refractivity contribution in [3.63, 3.8) is 0 Å². The summed E-state index contributed by atoms with van der Waals surface area (Å²) >= 11 is 0. The largest absolute Gasteiger partial charge is 0.311 e. The highest BCUT2D eigenvalue weighted by Gasteiger charge is 2.18. The van der Waals surface area contributed by atoms with Gasteiger partial charge in [0.05, 0.1) is 22.1 Å². The minimum atomic E-state index is 1.12. The fourth-order valence-corrected chi connectivity index (χ4v) is 8.77. The average molecular weight is 742 g/mol. The topological polar surface area (TPSA) is 13.1 Å². The number of aromatic nitrogens is 2. The SMILES string of the molecule is Cc1ccc(-n2c3ccccc3c3cc(-c4ccc5c(c4)c4cc(-c6ccc(N(c7ccccc7)c7ccccc7)cc6)ccc4n5-c4ccccc4)ccc32)cc1. The van der Waals surface area contributed by atoms with Gasteiger partial charge in [0.2, 0.25) is 0 Å². The molecule has 0 spiro atoms. The first-order valence-corrected chi connectivity index (χ1v) is 19.9. The van der Waals surface area contributed by atoms with Gasteiger partial charge in [-0.3, -0.25) is 0 Å². The van der Waals surface area contributed by atoms with Crippen LogP contribution < -0.4 is 4.90 Å². The molecule has 0 N–H and O–H groups in total. The normalized spacial score (nSPS) is 11.5. The van der Waals surface area contributed by atoms with E-state index in [0.717, 1.165) is 22.7 Å². The first-order chi connectivity index (χ1) is 28.7. The number of para-hydroxylation sites is 4. The zero-order chi connectivity index (χ0) is 38.6. The molecular formula is C55H39N3. The highest BCUT2D eigenvalue weighted by molar-refractivity contribution is 6.13. The Bertz CT molecular complexity index is 3210. The van der Waals surface area contributed by atoms with Crippen molar-refractivity contribution in [2.45, 2.75) is 6.92 Å². The maximum absolute atomic E-state index is 2.40. The van der Waals surface area contributed by atoms with E-state index in [0.29, 0.717) is 0 Å². The van der Waals surface area contributed by atoms with Crippen molar-refractivity contribution in [3.05, 3.63) is 224 Å². The number of fused-ring (bicyclic) bond motifs is 6. The standard InChI is InChI=1S/C55H39N3/c1-38-21-28-47(29-22-38)58-52-20-12-11-19-48(52)49-36-41(26-33-53(49)58)42-27-34-55-51(37-42)50-35-40(25-32-54(50)57(55)45-17-9-4-10-18-45)39-23-30-46(31-24-39)56(43-13-5-2-6-14-43)44-15-7-3-8-16-44/h2-37H,1H3. The van der Waals surface area contributed by atoms with E-state index in [4.69, 9.17) is 0 Å². The monoisotopic (exact) mass is 741 g/mol. The lowest BCUT2D eigenvalue weighted by Gasteiger charge is -2.25. The summed E-state index contributed by atoms with van der Waals surface area (Å²) in [6, 6.07) is 79.3. The molecule has 0 unspecified atom stereocenters. The van der Waals surface area contributed by atoms with E-state index < -0.39 is 0 Å². The van der Waals surface area contributed by atoms with Crippen LogP contribution in [0.4, 0.5) is 17.1 Å². The van der Waals surface area contributed by atoms with Gasteiger partial charge in [-0.1, -0.05) is 121 Å². The van der Waals surface area contributed by atoms with Crippen molar-refractivity contribution in [1.82, 2.24) is 9.13 Å². The van der Waals surface area contributed by atoms with Gasteiger partial charge >= 0.3 is 0 Å². The maximum atomic E-state index is 2.40. The van der Waals surface area contributed by atoms with Gasteiger partial charge in [-0.2, -0.15) is 0 Å². The minimum Gasteiger partial charge on any atom is -0.311 e. The summed E-state index contributed by atoms with van der Waals surface area (Å²) in [7, 11) is 0. The molecule has 0 aliphatic heterocycles. The van der Waals surface area contributed by atoms with Gasteiger partial charge in [-0.05, 0) is 132 Å². The van der Waals surface area contributed by atoms with Crippen LogP contribution in [0.15, 0.2) is 218 Å². The summed E-state index contributed by atoms with van der Waals surface area (Å²) < 4.78 is 4.79. The molecule has 0 atom stereocenters. The number of hydrogen-bond donors (Lipinski definition) is 0. The highest BCUT2D eigenvalue weighted by atomic mass is 15.1. The molecule has 0 aliphatic rings. The van der Waals surface area contributed by atoms with Crippen molar-refractivity contribution < 1.29 is 0 Å². The van der Waals surface area contributed by atoms with Gasteiger partial charge in [-0.15, -0.1) is 0 Å². The van der Waals surface area contributed by atoms with E-state index in [1.165, 1.54) is 77.1 Å². The molecule has 0 saturated carbocycles. The van der Waals surface area contributed by atoms with E-state index in [2.05, 4.69) is 239 Å². The second-order valence-electron chi connectivity index (χ2n) is 15.1. The lowest BCUT2D eigenvalue weighted by Crippen LogP contribution is -2.09. The van der Waals surface area contributed by atoms with Crippen LogP contribution in [0, 0.1) is 6.92 Å². The van der Waals surface area contributed by atoms with Gasteiger partial charge in [0.25, 0.3) is 0 Å². The van der Waals surface area contributed by atoms with Crippen LogP contribution in [-0.2, 0) is 0 Å². The molecule has 2 aromatic heterocycles. The lowest BCUT2D eigenvalue weighted by atomic mass is 9.99. The third-order valence-electron chi connectivity index (χ3n) is 11.6. The number of benzene rings is 9. The molecule has 0 radical (unpaired) electrons. The van der Waals surface area contributed by atoms with Crippen LogP contribution in [0.1, 0.15) is 5.56 Å². The van der Waals surface area contributed by atoms with Crippen molar-refractivity contribution in [2.24, 2.45) is 0 Å². The van der Waals surface area contributed by atoms with Gasteiger partial charge < -0.3 is 14.0 Å². The Morgan fingerprint density at radius 3 is 1.21 bits per heavy atom. The molecule has 274 valence electrons. The van der Waals surface area contributed by atoms with E-state index in [1.807, 2.05) is 0 Å². The Kier molecular flexibility index (Phi) is 8.04. The lowest BCUT2D eigenvalue weighted by molar-refractivity contribution is 1.17. The van der Waals surface area contributed by atoms with Gasteiger partial charge in [0, 0.05) is 50.0 Å². The van der Waals surface area contributed by atoms with E-state index in [9.17, 15) is 0 Å². The van der Waals surface area contributed by atoms with Crippen LogP contribution in [0.5, 0.6) is 0 Å². The Morgan fingerprint density at radius 2 is 0.672 bits per heavy atom. The summed E-state index contributed by atoms with van der Waals surface area (Å²) in [5.74, 6) is 0. The highest BCUT2D eigenvalue weighted by Crippen LogP contribution is 2.40. The van der Waals surface area contributed by atoms with Crippen molar-refractivity contribution in [1.29, 1.82) is 0 Å². The first-order valence-electron chi connectivity index (χ1n) is 19.9. The second-order valence-corrected chi connectivity index (χ2v) is 15.1. The maximum Gasteiger partial charge on any atom is 0.0541 e. The van der Waals surface area contributed by atoms with Crippen molar-refractivity contribution >= 4 is 60.7 Å². The van der Waals surface area contributed by atoms with Crippen molar-refractivity contribution in [2.75, 3.05) is 4.90 Å². The molecule has 11 rings (SSSR count). The summed E-state index contributed by atoms with van der Waals surface area (Å²) in [5.41, 5.74) is 16.5. The van der Waals surface area contributed by atoms with Crippen LogP contribution in [-0.4, -0.2) is 9.13 Å². The number of aryl methyl sites for hydroxylation is 1. The summed E-state index contributed by atoms with van der Waals surface area (Å²) in [5, 5.41) is 4.98. The average Bonchev–Trinajstić information content (AvgIpc) is 3.80. The molecule has 0 saturated heterocycles. The van der Waals surface area contributed by atoms with Crippen LogP contribution >= 0.6 is 0 Å². The summed E-state index contributed by atoms with van der Waals surface area (Å²) in [6.07, 6.45) is 0. The molecule has 9 aromatic carbocycles. The van der Waals surface area contributed by atoms with Crippen LogP contribution in [0.2, 0.25) is 0 Å². The fourth-order valence-electron chi connectivity index (χ4n) is 8.77. The summed E-state index contributed by atoms with van der Waals surface area (Å²) in [6.45, 7) is 2.14. The summed E-state index contributed by atoms with van der Waals surface area (Å²) in [4.78, 5) is 2.31. The Morgan fingerprint density at radius 1 is 0.293 bits per heavy atom. The molecule has 0 bridgehead atoms. The minimum absolute atomic E-state index is 1.12. The zero-order valence-corrected chi connectivity index (χ0v) is 32.1. The predicted octanol–water partition coefficient (Wildman–Crippen LogP) is 15.0. The van der Waals surface area contributed by atoms with Crippen LogP contribution in [0.25, 0.3) is 77.2 Å². The molecule has 3 nitrogen and oxygen atoms in total. The number of rotatable bonds is 7. The molecular weight excluding hydrogens is 703 g/mol. The Hall–Kier alpha value is -7.62. The van der Waals surface area contributed by atoms with E-state index in [-0.39, 0.29) is 0 Å². The second kappa shape index (κ2) is 13.8. The number of hydrogen-bond acceptors (Lipinski definition) is 1. The number of nitrogens with zero attached hydrogens (tertiary/aromatic N) is 3. The molecule has 11 aromatic rings. The Balaban J connectivity index is 1.04. The zero-order valence-electron chi connectivity index (χ0n) is 32.1. The molecule has 3 heteroatoms. The molecule has 0 aliphatic carbocycles. The van der Waals surface area contributed by atoms with Gasteiger partial charge in [-0.25, -0.2) is 0 Å². The third-order valence-corrected chi connectivity index (χ3v) is 11.6. The van der Waals surface area contributed by atoms with Gasteiger partial charge in [0.1, 0.15) is 0 Å². The molecule has 2 heterocycles. The van der Waals surface area contributed by atoms with E-state index >= 15 is 0 Å². The quantitative estimate of drug-likeness (QED) is 0.159. The first kappa shape index (κ1) is 33.7. The molecule has 58 heavy (non-hydrogen) atoms. The fraction of sp³-hybridized carbons (Fsp3) is 0.0182. The Labute approximate surface area is 337 Å². The third kappa shape index (κ3) is 5.67. The molecule has 0 fully saturated rings. The van der Waals surface area contributed by atoms with Crippen LogP contribution in [0.3, 0.4) is 0 Å². The van der Waals surface area contributed by atoms with Gasteiger partial charge in [0.15, 0.2) is 0 Å². The predicted molar refractivity (Wildman–Crippen MR) is 245 cm³/mol. The number of anilines is 3.